The van der Waals surface area contributed by atoms with Crippen LogP contribution in [0.4, 0.5) is 9.18 Å². The van der Waals surface area contributed by atoms with Crippen molar-refractivity contribution < 1.29 is 23.5 Å². The summed E-state index contributed by atoms with van der Waals surface area (Å²) in [6, 6.07) is 16.9. The minimum Gasteiger partial charge on any atom is -0.423 e. The summed E-state index contributed by atoms with van der Waals surface area (Å²) >= 11 is 12.6. The third-order valence-electron chi connectivity index (χ3n) is 4.72. The van der Waals surface area contributed by atoms with E-state index in [1.165, 1.54) is 18.2 Å². The molecule has 1 heterocycles. The second kappa shape index (κ2) is 9.79. The molecule has 5 nitrogen and oxygen atoms in total. The van der Waals surface area contributed by atoms with Crippen LogP contribution < -0.4 is 4.74 Å². The van der Waals surface area contributed by atoms with Crippen LogP contribution in [-0.2, 0) is 11.3 Å². The van der Waals surface area contributed by atoms with E-state index in [0.29, 0.717) is 21.9 Å². The quantitative estimate of drug-likeness (QED) is 0.224. The Bertz CT molecular complexity index is 1260. The van der Waals surface area contributed by atoms with Crippen LogP contribution in [0.25, 0.3) is 6.08 Å². The fourth-order valence-electron chi connectivity index (χ4n) is 3.01. The van der Waals surface area contributed by atoms with E-state index in [1.54, 1.807) is 54.6 Å². The molecule has 1 saturated heterocycles. The Morgan fingerprint density at radius 1 is 1.00 bits per heavy atom. The number of nitrogens with zero attached hydrogens (tertiary/aromatic N) is 1. The van der Waals surface area contributed by atoms with E-state index in [9.17, 15) is 18.8 Å². The number of carbonyl (C=O) groups is 3. The number of amides is 2. The second-order valence-corrected chi connectivity index (χ2v) is 8.77. The van der Waals surface area contributed by atoms with Crippen LogP contribution in [0.1, 0.15) is 21.5 Å². The van der Waals surface area contributed by atoms with Gasteiger partial charge < -0.3 is 4.74 Å². The molecule has 4 rings (SSSR count). The predicted molar refractivity (Wildman–Crippen MR) is 126 cm³/mol. The molecule has 0 bridgehead atoms. The Hall–Kier alpha value is -3.13. The van der Waals surface area contributed by atoms with Crippen LogP contribution in [0, 0.1) is 5.82 Å². The molecule has 0 aromatic heterocycles. The molecule has 33 heavy (non-hydrogen) atoms. The van der Waals surface area contributed by atoms with Crippen molar-refractivity contribution in [1.29, 1.82) is 0 Å². The molecule has 0 radical (unpaired) electrons. The topological polar surface area (TPSA) is 63.7 Å². The Kier molecular flexibility index (Phi) is 6.83. The summed E-state index contributed by atoms with van der Waals surface area (Å²) in [4.78, 5) is 38.4. The third-order valence-corrected chi connectivity index (χ3v) is 6.23. The minimum atomic E-state index is -0.589. The highest BCUT2D eigenvalue weighted by Gasteiger charge is 2.35. The maximum Gasteiger partial charge on any atom is 0.343 e. The van der Waals surface area contributed by atoms with Crippen molar-refractivity contribution in [3.63, 3.8) is 0 Å². The number of imide groups is 1. The highest BCUT2D eigenvalue weighted by molar-refractivity contribution is 8.18. The number of ether oxygens (including phenoxy) is 1. The maximum atomic E-state index is 14.1. The van der Waals surface area contributed by atoms with Gasteiger partial charge in [0, 0.05) is 15.6 Å². The van der Waals surface area contributed by atoms with Crippen molar-refractivity contribution in [2.24, 2.45) is 0 Å². The summed E-state index contributed by atoms with van der Waals surface area (Å²) in [7, 11) is 0. The summed E-state index contributed by atoms with van der Waals surface area (Å²) in [6.07, 6.45) is 1.54. The predicted octanol–water partition coefficient (Wildman–Crippen LogP) is 6.59. The molecule has 0 N–H and O–H groups in total. The Morgan fingerprint density at radius 3 is 2.36 bits per heavy atom. The summed E-state index contributed by atoms with van der Waals surface area (Å²) in [5.41, 5.74) is 1.05. The van der Waals surface area contributed by atoms with Gasteiger partial charge >= 0.3 is 5.97 Å². The molecule has 3 aromatic rings. The molecule has 0 saturated carbocycles. The highest BCUT2D eigenvalue weighted by Crippen LogP contribution is 2.34. The first-order valence-electron chi connectivity index (χ1n) is 9.58. The number of thioether (sulfide) groups is 1. The zero-order valence-electron chi connectivity index (χ0n) is 16.8. The number of hydrogen-bond acceptors (Lipinski definition) is 5. The van der Waals surface area contributed by atoms with Crippen LogP contribution in [0.15, 0.2) is 71.6 Å². The van der Waals surface area contributed by atoms with E-state index in [4.69, 9.17) is 27.9 Å². The number of carbonyl (C=O) groups excluding carboxylic acids is 3. The van der Waals surface area contributed by atoms with Gasteiger partial charge in [-0.2, -0.15) is 0 Å². The van der Waals surface area contributed by atoms with Crippen molar-refractivity contribution in [3.05, 3.63) is 104 Å². The number of benzene rings is 3. The molecule has 0 unspecified atom stereocenters. The summed E-state index contributed by atoms with van der Waals surface area (Å²) < 4.78 is 19.4. The van der Waals surface area contributed by atoms with E-state index < -0.39 is 22.9 Å². The average Bonchev–Trinajstić information content (AvgIpc) is 3.05. The monoisotopic (exact) mass is 501 g/mol. The van der Waals surface area contributed by atoms with Gasteiger partial charge in [-0.25, -0.2) is 9.18 Å². The van der Waals surface area contributed by atoms with E-state index in [1.807, 2.05) is 0 Å². The lowest BCUT2D eigenvalue weighted by Crippen LogP contribution is -2.28. The molecule has 0 spiro atoms. The first-order chi connectivity index (χ1) is 15.8. The lowest BCUT2D eigenvalue weighted by Gasteiger charge is -2.14. The highest BCUT2D eigenvalue weighted by atomic mass is 35.5. The largest absolute Gasteiger partial charge is 0.423 e. The van der Waals surface area contributed by atoms with Crippen molar-refractivity contribution in [2.75, 3.05) is 0 Å². The molecule has 2 amide bonds. The molecule has 166 valence electrons. The Balaban J connectivity index is 1.45. The van der Waals surface area contributed by atoms with Gasteiger partial charge in [0.05, 0.1) is 17.0 Å². The van der Waals surface area contributed by atoms with Crippen molar-refractivity contribution in [2.45, 2.75) is 6.54 Å². The zero-order valence-corrected chi connectivity index (χ0v) is 19.1. The van der Waals surface area contributed by atoms with Gasteiger partial charge in [-0.3, -0.25) is 14.5 Å². The van der Waals surface area contributed by atoms with E-state index in [-0.39, 0.29) is 22.0 Å². The van der Waals surface area contributed by atoms with Gasteiger partial charge in [0.15, 0.2) is 0 Å². The lowest BCUT2D eigenvalue weighted by atomic mass is 10.2. The smallest absolute Gasteiger partial charge is 0.343 e. The van der Waals surface area contributed by atoms with Gasteiger partial charge in [-0.15, -0.1) is 0 Å². The lowest BCUT2D eigenvalue weighted by molar-refractivity contribution is -0.123. The van der Waals surface area contributed by atoms with E-state index in [0.717, 1.165) is 16.7 Å². The molecule has 1 fully saturated rings. The molecule has 1 aliphatic heterocycles. The number of hydrogen-bond donors (Lipinski definition) is 0. The standard InChI is InChI=1S/C24H14Cl2FNO4S/c25-16-8-6-15(7-9-16)23(30)32-17-10-4-14(5-11-17)12-21-22(29)28(24(31)33-21)13-18-19(26)2-1-3-20(18)27/h1-12H,13H2/b21-12-. The van der Waals surface area contributed by atoms with Gasteiger partial charge in [0.2, 0.25) is 0 Å². The van der Waals surface area contributed by atoms with Crippen molar-refractivity contribution in [3.8, 4) is 5.75 Å². The second-order valence-electron chi connectivity index (χ2n) is 6.93. The first-order valence-corrected chi connectivity index (χ1v) is 11.1. The SMILES string of the molecule is O=C(Oc1ccc(/C=C2\SC(=O)N(Cc3c(F)cccc3Cl)C2=O)cc1)c1ccc(Cl)cc1. The van der Waals surface area contributed by atoms with Gasteiger partial charge in [-0.1, -0.05) is 41.4 Å². The van der Waals surface area contributed by atoms with Crippen LogP contribution >= 0.6 is 35.0 Å². The van der Waals surface area contributed by atoms with E-state index >= 15 is 0 Å². The number of esters is 1. The molecule has 3 aromatic carbocycles. The Morgan fingerprint density at radius 2 is 1.70 bits per heavy atom. The summed E-state index contributed by atoms with van der Waals surface area (Å²) in [6.45, 7) is -0.257. The van der Waals surface area contributed by atoms with Crippen molar-refractivity contribution >= 4 is 58.2 Å². The Labute approximate surface area is 202 Å². The average molecular weight is 502 g/mol. The van der Waals surface area contributed by atoms with Gasteiger partial charge in [-0.05, 0) is 71.9 Å². The molecule has 1 aliphatic rings. The minimum absolute atomic E-state index is 0.0783. The normalized spacial score (nSPS) is 14.8. The van der Waals surface area contributed by atoms with E-state index in [2.05, 4.69) is 0 Å². The molecule has 9 heteroatoms. The summed E-state index contributed by atoms with van der Waals surface area (Å²) in [5, 5.41) is 0.137. The van der Waals surface area contributed by atoms with Crippen LogP contribution in [0.2, 0.25) is 10.0 Å². The molecular formula is C24H14Cl2FNO4S. The summed E-state index contributed by atoms with van der Waals surface area (Å²) in [5.74, 6) is -1.35. The number of rotatable bonds is 5. The fourth-order valence-corrected chi connectivity index (χ4v) is 4.20. The third kappa shape index (κ3) is 5.27. The maximum absolute atomic E-state index is 14.1. The molecular weight excluding hydrogens is 488 g/mol. The van der Waals surface area contributed by atoms with Gasteiger partial charge in [0.1, 0.15) is 11.6 Å². The first kappa shape index (κ1) is 23.0. The van der Waals surface area contributed by atoms with Crippen LogP contribution in [0.3, 0.4) is 0 Å². The zero-order chi connectivity index (χ0) is 23.5. The molecule has 0 atom stereocenters. The van der Waals surface area contributed by atoms with Crippen molar-refractivity contribution in [1.82, 2.24) is 4.90 Å². The van der Waals surface area contributed by atoms with Crippen LogP contribution in [0.5, 0.6) is 5.75 Å². The van der Waals surface area contributed by atoms with Gasteiger partial charge in [0.25, 0.3) is 11.1 Å². The fraction of sp³-hybridized carbons (Fsp3) is 0.0417. The van der Waals surface area contributed by atoms with Crippen LogP contribution in [-0.4, -0.2) is 22.0 Å². The number of halogens is 3. The molecule has 0 aliphatic carbocycles.